The van der Waals surface area contributed by atoms with Crippen molar-refractivity contribution in [3.05, 3.63) is 69.7 Å². The smallest absolute Gasteiger partial charge is 0.295 e. The number of Topliss-reactive ketones (excluding diaryl/α,β-unsaturated/α-hetero) is 1. The number of ketones is 1. The van der Waals surface area contributed by atoms with Gasteiger partial charge in [0, 0.05) is 30.3 Å². The summed E-state index contributed by atoms with van der Waals surface area (Å²) in [6, 6.07) is 13.4. The number of hydrogen-bond acceptors (Lipinski definition) is 5. The second-order valence-corrected chi connectivity index (χ2v) is 7.54. The van der Waals surface area contributed by atoms with Crippen LogP contribution in [0.3, 0.4) is 0 Å². The van der Waals surface area contributed by atoms with Crippen LogP contribution in [0.5, 0.6) is 5.75 Å². The average molecular weight is 460 g/mol. The fourth-order valence-corrected chi connectivity index (χ4v) is 3.83. The number of nitrogens with zero attached hydrogens (tertiary/aromatic N) is 1. The minimum absolute atomic E-state index is 0.0793. The van der Waals surface area contributed by atoms with Gasteiger partial charge in [-0.1, -0.05) is 28.1 Å². The van der Waals surface area contributed by atoms with E-state index in [2.05, 4.69) is 15.9 Å². The minimum atomic E-state index is -0.694. The summed E-state index contributed by atoms with van der Waals surface area (Å²) in [5.41, 5.74) is 1.27. The molecule has 6 nitrogen and oxygen atoms in total. The van der Waals surface area contributed by atoms with Gasteiger partial charge in [0.05, 0.1) is 18.7 Å². The largest absolute Gasteiger partial charge is 0.507 e. The van der Waals surface area contributed by atoms with Crippen LogP contribution in [-0.4, -0.2) is 49.1 Å². The second kappa shape index (κ2) is 9.24. The number of ether oxygens (including phenoxy) is 2. The highest BCUT2D eigenvalue weighted by atomic mass is 79.9. The Morgan fingerprint density at radius 1 is 1.14 bits per heavy atom. The van der Waals surface area contributed by atoms with Crippen LogP contribution in [0, 0.1) is 0 Å². The van der Waals surface area contributed by atoms with Gasteiger partial charge in [-0.2, -0.15) is 0 Å². The predicted molar refractivity (Wildman–Crippen MR) is 113 cm³/mol. The summed E-state index contributed by atoms with van der Waals surface area (Å²) in [6.07, 6.45) is 0.580. The van der Waals surface area contributed by atoms with Crippen molar-refractivity contribution in [1.82, 2.24) is 4.90 Å². The Labute approximate surface area is 177 Å². The first-order valence-corrected chi connectivity index (χ1v) is 9.94. The van der Waals surface area contributed by atoms with Gasteiger partial charge < -0.3 is 19.5 Å². The van der Waals surface area contributed by atoms with Crippen molar-refractivity contribution in [2.45, 2.75) is 12.5 Å². The fourth-order valence-electron chi connectivity index (χ4n) is 3.42. The molecule has 0 spiro atoms. The third-order valence-corrected chi connectivity index (χ3v) is 5.31. The van der Waals surface area contributed by atoms with E-state index in [1.165, 1.54) is 4.90 Å². The standard InChI is InChI=1S/C22H22BrNO5/c1-28-12-4-11-24-19(15-5-3-6-16(23)13-15)18(21(26)22(24)27)20(25)14-7-9-17(29-2)10-8-14/h3,5-10,13,19,25H,4,11-12H2,1-2H3/t19-/m0/s1. The Morgan fingerprint density at radius 3 is 2.48 bits per heavy atom. The summed E-state index contributed by atoms with van der Waals surface area (Å²) in [4.78, 5) is 27.1. The third kappa shape index (κ3) is 4.36. The number of aliphatic hydroxyl groups excluding tert-OH is 1. The molecule has 0 unspecified atom stereocenters. The number of amides is 1. The topological polar surface area (TPSA) is 76.1 Å². The first-order chi connectivity index (χ1) is 14.0. The first kappa shape index (κ1) is 21.1. The van der Waals surface area contributed by atoms with E-state index < -0.39 is 17.7 Å². The van der Waals surface area contributed by atoms with Crippen LogP contribution in [0.4, 0.5) is 0 Å². The summed E-state index contributed by atoms with van der Waals surface area (Å²) >= 11 is 3.44. The highest BCUT2D eigenvalue weighted by Gasteiger charge is 2.45. The summed E-state index contributed by atoms with van der Waals surface area (Å²) in [5.74, 6) is -0.892. The van der Waals surface area contributed by atoms with Gasteiger partial charge in [0.15, 0.2) is 0 Å². The number of rotatable bonds is 7. The van der Waals surface area contributed by atoms with E-state index in [1.807, 2.05) is 24.3 Å². The van der Waals surface area contributed by atoms with Crippen molar-refractivity contribution < 1.29 is 24.2 Å². The molecule has 0 aromatic heterocycles. The van der Waals surface area contributed by atoms with Crippen molar-refractivity contribution in [1.29, 1.82) is 0 Å². The number of aliphatic hydroxyl groups is 1. The molecule has 3 rings (SSSR count). The van der Waals surface area contributed by atoms with Crippen molar-refractivity contribution in [3.8, 4) is 5.75 Å². The number of carbonyl (C=O) groups is 2. The van der Waals surface area contributed by atoms with Gasteiger partial charge in [-0.25, -0.2) is 0 Å². The monoisotopic (exact) mass is 459 g/mol. The van der Waals surface area contributed by atoms with Crippen molar-refractivity contribution in [2.75, 3.05) is 27.4 Å². The Kier molecular flexibility index (Phi) is 6.71. The van der Waals surface area contributed by atoms with Crippen LogP contribution in [0.2, 0.25) is 0 Å². The van der Waals surface area contributed by atoms with Crippen LogP contribution in [0.15, 0.2) is 58.6 Å². The van der Waals surface area contributed by atoms with Gasteiger partial charge in [0.1, 0.15) is 11.5 Å². The predicted octanol–water partition coefficient (Wildman–Crippen LogP) is 3.92. The third-order valence-electron chi connectivity index (χ3n) is 4.82. The van der Waals surface area contributed by atoms with E-state index in [-0.39, 0.29) is 11.3 Å². The molecule has 1 fully saturated rings. The Bertz CT molecular complexity index is 938. The maximum absolute atomic E-state index is 12.9. The van der Waals surface area contributed by atoms with E-state index >= 15 is 0 Å². The molecule has 7 heteroatoms. The number of methoxy groups -OCH3 is 2. The summed E-state index contributed by atoms with van der Waals surface area (Å²) in [6.45, 7) is 0.807. The van der Waals surface area contributed by atoms with Crippen LogP contribution >= 0.6 is 15.9 Å². The lowest BCUT2D eigenvalue weighted by atomic mass is 9.95. The minimum Gasteiger partial charge on any atom is -0.507 e. The van der Waals surface area contributed by atoms with Crippen molar-refractivity contribution >= 4 is 33.4 Å². The lowest BCUT2D eigenvalue weighted by Crippen LogP contribution is -2.31. The molecule has 0 radical (unpaired) electrons. The van der Waals surface area contributed by atoms with Crippen molar-refractivity contribution in [3.63, 3.8) is 0 Å². The average Bonchev–Trinajstić information content (AvgIpc) is 2.98. The normalized spacial score (nSPS) is 18.3. The molecule has 0 aliphatic carbocycles. The molecule has 1 atom stereocenters. The summed E-state index contributed by atoms with van der Waals surface area (Å²) in [5, 5.41) is 11.0. The number of carbonyl (C=O) groups excluding carboxylic acids is 2. The quantitative estimate of drug-likeness (QED) is 0.294. The zero-order valence-corrected chi connectivity index (χ0v) is 17.8. The molecule has 0 bridgehead atoms. The molecule has 2 aromatic carbocycles. The van der Waals surface area contributed by atoms with Gasteiger partial charge in [-0.15, -0.1) is 0 Å². The number of likely N-dealkylation sites (tertiary alicyclic amines) is 1. The number of hydrogen-bond donors (Lipinski definition) is 1. The van der Waals surface area contributed by atoms with E-state index in [9.17, 15) is 14.7 Å². The van der Waals surface area contributed by atoms with Gasteiger partial charge in [0.25, 0.3) is 11.7 Å². The van der Waals surface area contributed by atoms with Crippen LogP contribution in [0.25, 0.3) is 5.76 Å². The molecule has 1 N–H and O–H groups in total. The Morgan fingerprint density at radius 2 is 1.86 bits per heavy atom. The van der Waals surface area contributed by atoms with Gasteiger partial charge >= 0.3 is 0 Å². The fraction of sp³-hybridized carbons (Fsp3) is 0.273. The molecule has 1 saturated heterocycles. The zero-order chi connectivity index (χ0) is 21.0. The second-order valence-electron chi connectivity index (χ2n) is 6.62. The van der Waals surface area contributed by atoms with Gasteiger partial charge in [-0.3, -0.25) is 9.59 Å². The molecular weight excluding hydrogens is 438 g/mol. The van der Waals surface area contributed by atoms with Gasteiger partial charge in [-0.05, 0) is 48.4 Å². The highest BCUT2D eigenvalue weighted by Crippen LogP contribution is 2.40. The molecule has 152 valence electrons. The molecule has 1 aliphatic rings. The van der Waals surface area contributed by atoms with Crippen LogP contribution in [0.1, 0.15) is 23.6 Å². The van der Waals surface area contributed by atoms with E-state index in [0.717, 1.165) is 10.0 Å². The molecule has 1 aliphatic heterocycles. The maximum Gasteiger partial charge on any atom is 0.295 e. The lowest BCUT2D eigenvalue weighted by molar-refractivity contribution is -0.140. The molecule has 1 heterocycles. The first-order valence-electron chi connectivity index (χ1n) is 9.15. The van der Waals surface area contributed by atoms with Crippen LogP contribution < -0.4 is 4.74 Å². The van der Waals surface area contributed by atoms with E-state index in [1.54, 1.807) is 38.5 Å². The zero-order valence-electron chi connectivity index (χ0n) is 16.2. The number of halogens is 1. The molecule has 1 amide bonds. The summed E-state index contributed by atoms with van der Waals surface area (Å²) < 4.78 is 11.1. The molecular formula is C22H22BrNO5. The van der Waals surface area contributed by atoms with Gasteiger partial charge in [0.2, 0.25) is 0 Å². The van der Waals surface area contributed by atoms with Crippen molar-refractivity contribution in [2.24, 2.45) is 0 Å². The molecule has 0 saturated carbocycles. The SMILES string of the molecule is COCCCN1C(=O)C(=O)C(=C(O)c2ccc(OC)cc2)[C@@H]1c1cccc(Br)c1. The molecule has 29 heavy (non-hydrogen) atoms. The maximum atomic E-state index is 12.9. The number of benzene rings is 2. The summed E-state index contributed by atoms with van der Waals surface area (Å²) in [7, 11) is 3.14. The van der Waals surface area contributed by atoms with E-state index in [0.29, 0.717) is 30.9 Å². The Hall–Kier alpha value is -2.64. The Balaban J connectivity index is 2.10. The van der Waals surface area contributed by atoms with E-state index in [4.69, 9.17) is 9.47 Å². The lowest BCUT2D eigenvalue weighted by Gasteiger charge is -2.25. The van der Waals surface area contributed by atoms with Crippen LogP contribution in [-0.2, 0) is 14.3 Å². The highest BCUT2D eigenvalue weighted by molar-refractivity contribution is 9.10. The molecule has 2 aromatic rings.